The lowest BCUT2D eigenvalue weighted by Gasteiger charge is -2.33. The van der Waals surface area contributed by atoms with Crippen molar-refractivity contribution in [2.24, 2.45) is 0 Å². The van der Waals surface area contributed by atoms with Gasteiger partial charge in [0, 0.05) is 44.1 Å². The predicted molar refractivity (Wildman–Crippen MR) is 103 cm³/mol. The fraction of sp³-hybridized carbons (Fsp3) is 0.526. The van der Waals surface area contributed by atoms with Gasteiger partial charge in [0.2, 0.25) is 0 Å². The Bertz CT molecular complexity index is 891. The van der Waals surface area contributed by atoms with Crippen molar-refractivity contribution in [3.8, 4) is 0 Å². The highest BCUT2D eigenvalue weighted by atomic mass is 15.3. The van der Waals surface area contributed by atoms with Crippen LogP contribution in [0.25, 0.3) is 0 Å². The van der Waals surface area contributed by atoms with Gasteiger partial charge in [0.1, 0.15) is 11.6 Å². The Morgan fingerprint density at radius 3 is 2.67 bits per heavy atom. The molecule has 0 aliphatic carbocycles. The van der Waals surface area contributed by atoms with Crippen LogP contribution in [0, 0.1) is 13.8 Å². The molecule has 0 saturated carbocycles. The average Bonchev–Trinajstić information content (AvgIpc) is 3.34. The van der Waals surface area contributed by atoms with E-state index in [2.05, 4.69) is 36.6 Å². The largest absolute Gasteiger partial charge is 0.355 e. The van der Waals surface area contributed by atoms with Crippen LogP contribution in [0.15, 0.2) is 24.9 Å². The quantitative estimate of drug-likeness (QED) is 0.690. The first-order chi connectivity index (χ1) is 13.2. The highest BCUT2D eigenvalue weighted by Crippen LogP contribution is 2.30. The fourth-order valence-corrected chi connectivity index (χ4v) is 3.83. The van der Waals surface area contributed by atoms with E-state index in [-0.39, 0.29) is 0 Å². The molecular weight excluding hydrogens is 340 g/mol. The van der Waals surface area contributed by atoms with Crippen LogP contribution in [0.3, 0.4) is 0 Å². The summed E-state index contributed by atoms with van der Waals surface area (Å²) in [5, 5.41) is 9.02. The monoisotopic (exact) mass is 366 g/mol. The van der Waals surface area contributed by atoms with Gasteiger partial charge in [0.05, 0.1) is 24.3 Å². The van der Waals surface area contributed by atoms with Crippen LogP contribution in [-0.2, 0) is 13.1 Å². The van der Waals surface area contributed by atoms with E-state index in [1.165, 1.54) is 0 Å². The lowest BCUT2D eigenvalue weighted by atomic mass is 9.95. The summed E-state index contributed by atoms with van der Waals surface area (Å²) in [5.74, 6) is 3.56. The van der Waals surface area contributed by atoms with Crippen LogP contribution in [0.2, 0.25) is 0 Å². The summed E-state index contributed by atoms with van der Waals surface area (Å²) >= 11 is 0. The van der Waals surface area contributed by atoms with Gasteiger partial charge >= 0.3 is 0 Å². The minimum Gasteiger partial charge on any atom is -0.355 e. The first-order valence-corrected chi connectivity index (χ1v) is 9.58. The SMILES string of the molecule is CCn1c(Cn2ccnc2)nnc1C1CCN(c2nc(C)cnc2C)CC1. The molecule has 8 nitrogen and oxygen atoms in total. The third kappa shape index (κ3) is 3.56. The molecule has 4 rings (SSSR count). The van der Waals surface area contributed by atoms with Crippen molar-refractivity contribution in [3.05, 3.63) is 48.0 Å². The van der Waals surface area contributed by atoms with Gasteiger partial charge in [-0.15, -0.1) is 10.2 Å². The molecule has 0 spiro atoms. The van der Waals surface area contributed by atoms with Crippen molar-refractivity contribution >= 4 is 5.82 Å². The molecule has 1 saturated heterocycles. The van der Waals surface area contributed by atoms with E-state index in [0.29, 0.717) is 12.5 Å². The summed E-state index contributed by atoms with van der Waals surface area (Å²) in [5.41, 5.74) is 1.96. The van der Waals surface area contributed by atoms with E-state index in [4.69, 9.17) is 4.98 Å². The number of aryl methyl sites for hydroxylation is 2. The molecule has 1 aliphatic rings. The van der Waals surface area contributed by atoms with E-state index in [9.17, 15) is 0 Å². The summed E-state index contributed by atoms with van der Waals surface area (Å²) < 4.78 is 4.29. The number of anilines is 1. The molecule has 1 aliphatic heterocycles. The van der Waals surface area contributed by atoms with Gasteiger partial charge in [-0.1, -0.05) is 0 Å². The Morgan fingerprint density at radius 2 is 1.96 bits per heavy atom. The number of hydrogen-bond donors (Lipinski definition) is 0. The molecule has 0 amide bonds. The summed E-state index contributed by atoms with van der Waals surface area (Å²) in [4.78, 5) is 15.6. The van der Waals surface area contributed by atoms with Crippen LogP contribution in [-0.4, -0.2) is 47.4 Å². The minimum absolute atomic E-state index is 0.434. The molecule has 3 aromatic rings. The fourth-order valence-electron chi connectivity index (χ4n) is 3.83. The first-order valence-electron chi connectivity index (χ1n) is 9.58. The van der Waals surface area contributed by atoms with Gasteiger partial charge in [-0.3, -0.25) is 4.98 Å². The summed E-state index contributed by atoms with van der Waals surface area (Å²) in [7, 11) is 0. The van der Waals surface area contributed by atoms with Crippen molar-refractivity contribution in [2.45, 2.75) is 52.6 Å². The Balaban J connectivity index is 1.48. The second kappa shape index (κ2) is 7.46. The van der Waals surface area contributed by atoms with Gasteiger partial charge < -0.3 is 14.0 Å². The number of aromatic nitrogens is 7. The van der Waals surface area contributed by atoms with Gasteiger partial charge in [-0.25, -0.2) is 9.97 Å². The van der Waals surface area contributed by atoms with Crippen molar-refractivity contribution in [1.82, 2.24) is 34.3 Å². The highest BCUT2D eigenvalue weighted by Gasteiger charge is 2.27. The standard InChI is InChI=1S/C19H26N8/c1-4-27-17(12-25-10-7-20-13-25)23-24-19(27)16-5-8-26(9-6-16)18-15(3)21-11-14(2)22-18/h7,10-11,13,16H,4-6,8-9,12H2,1-3H3. The van der Waals surface area contributed by atoms with Crippen LogP contribution >= 0.6 is 0 Å². The predicted octanol–water partition coefficient (Wildman–Crippen LogP) is 2.33. The molecule has 8 heteroatoms. The van der Waals surface area contributed by atoms with Gasteiger partial charge in [0.25, 0.3) is 0 Å². The van der Waals surface area contributed by atoms with Gasteiger partial charge in [0.15, 0.2) is 5.82 Å². The van der Waals surface area contributed by atoms with Gasteiger partial charge in [-0.2, -0.15) is 0 Å². The molecule has 0 radical (unpaired) electrons. The number of piperidine rings is 1. The Morgan fingerprint density at radius 1 is 1.15 bits per heavy atom. The van der Waals surface area contributed by atoms with Gasteiger partial charge in [-0.05, 0) is 33.6 Å². The molecule has 27 heavy (non-hydrogen) atoms. The normalized spacial score (nSPS) is 15.4. The molecule has 142 valence electrons. The summed E-state index contributed by atoms with van der Waals surface area (Å²) in [6.45, 7) is 9.71. The second-order valence-electron chi connectivity index (χ2n) is 7.14. The van der Waals surface area contributed by atoms with Crippen LogP contribution in [0.4, 0.5) is 5.82 Å². The van der Waals surface area contributed by atoms with E-state index in [1.807, 2.05) is 37.1 Å². The third-order valence-corrected chi connectivity index (χ3v) is 5.27. The van der Waals surface area contributed by atoms with Crippen LogP contribution in [0.1, 0.15) is 48.7 Å². The van der Waals surface area contributed by atoms with Crippen molar-refractivity contribution in [3.63, 3.8) is 0 Å². The van der Waals surface area contributed by atoms with E-state index in [1.54, 1.807) is 6.20 Å². The maximum absolute atomic E-state index is 4.70. The molecule has 3 aromatic heterocycles. The minimum atomic E-state index is 0.434. The van der Waals surface area contributed by atoms with E-state index in [0.717, 1.165) is 61.3 Å². The number of imidazole rings is 1. The molecule has 4 heterocycles. The van der Waals surface area contributed by atoms with Crippen molar-refractivity contribution in [1.29, 1.82) is 0 Å². The maximum Gasteiger partial charge on any atom is 0.153 e. The van der Waals surface area contributed by atoms with Crippen LogP contribution < -0.4 is 4.90 Å². The van der Waals surface area contributed by atoms with Crippen LogP contribution in [0.5, 0.6) is 0 Å². The second-order valence-corrected chi connectivity index (χ2v) is 7.14. The molecular formula is C19H26N8. The van der Waals surface area contributed by atoms with E-state index >= 15 is 0 Å². The molecule has 1 fully saturated rings. The topological polar surface area (TPSA) is 77.5 Å². The van der Waals surface area contributed by atoms with Crippen molar-refractivity contribution in [2.75, 3.05) is 18.0 Å². The average molecular weight is 366 g/mol. The highest BCUT2D eigenvalue weighted by molar-refractivity contribution is 5.43. The Hall–Kier alpha value is -2.77. The summed E-state index contributed by atoms with van der Waals surface area (Å²) in [6, 6.07) is 0. The lowest BCUT2D eigenvalue weighted by Crippen LogP contribution is -2.35. The maximum atomic E-state index is 4.70. The first kappa shape index (κ1) is 17.6. The summed E-state index contributed by atoms with van der Waals surface area (Å²) in [6.07, 6.45) is 9.50. The zero-order chi connectivity index (χ0) is 18.8. The lowest BCUT2D eigenvalue weighted by molar-refractivity contribution is 0.461. The van der Waals surface area contributed by atoms with Crippen molar-refractivity contribution < 1.29 is 0 Å². The number of hydrogen-bond acceptors (Lipinski definition) is 6. The Labute approximate surface area is 159 Å². The molecule has 0 N–H and O–H groups in total. The number of rotatable bonds is 5. The smallest absolute Gasteiger partial charge is 0.153 e. The third-order valence-electron chi connectivity index (χ3n) is 5.27. The molecule has 0 aromatic carbocycles. The zero-order valence-corrected chi connectivity index (χ0v) is 16.2. The number of nitrogens with zero attached hydrogens (tertiary/aromatic N) is 8. The Kier molecular flexibility index (Phi) is 4.87. The molecule has 0 bridgehead atoms. The zero-order valence-electron chi connectivity index (χ0n) is 16.2. The van der Waals surface area contributed by atoms with E-state index < -0.39 is 0 Å². The molecule has 0 atom stereocenters. The molecule has 0 unspecified atom stereocenters.